The minimum Gasteiger partial charge on any atom is -0.459 e. The van der Waals surface area contributed by atoms with Gasteiger partial charge in [0.1, 0.15) is 0 Å². The van der Waals surface area contributed by atoms with E-state index in [1.54, 1.807) is 36.4 Å². The molecule has 0 radical (unpaired) electrons. The first-order valence-corrected chi connectivity index (χ1v) is 11.9. The predicted molar refractivity (Wildman–Crippen MR) is 135 cm³/mol. The zero-order chi connectivity index (χ0) is 23.8. The number of nitrogens with zero attached hydrogens (tertiary/aromatic N) is 2. The Morgan fingerprint density at radius 3 is 2.41 bits per heavy atom. The van der Waals surface area contributed by atoms with E-state index in [-0.39, 0.29) is 17.6 Å². The maximum Gasteiger partial charge on any atom is 0.291 e. The van der Waals surface area contributed by atoms with Gasteiger partial charge in [-0.2, -0.15) is 0 Å². The summed E-state index contributed by atoms with van der Waals surface area (Å²) in [5.74, 6) is -0.176. The fourth-order valence-electron chi connectivity index (χ4n) is 4.12. The summed E-state index contributed by atoms with van der Waals surface area (Å²) >= 11 is 0. The lowest BCUT2D eigenvalue weighted by Crippen LogP contribution is -2.46. The molecule has 2 aromatic carbocycles. The Morgan fingerprint density at radius 2 is 1.71 bits per heavy atom. The van der Waals surface area contributed by atoms with E-state index in [1.807, 2.05) is 0 Å². The third kappa shape index (κ3) is 6.48. The standard InChI is InChI=1S/C27H32N4O3/c1-21-6-4-7-24(20-21)31-17-15-30(16-18-31)14-3-2-13-28-26(32)22-9-11-23(12-10-22)29-27(33)25-8-5-19-34-25/h4-12,19-20H,2-3,13-18H2,1H3,(H,28,32)(H,29,33). The van der Waals surface area contributed by atoms with E-state index in [9.17, 15) is 9.59 Å². The number of amides is 2. The third-order valence-electron chi connectivity index (χ3n) is 6.08. The van der Waals surface area contributed by atoms with Crippen molar-refractivity contribution in [1.29, 1.82) is 0 Å². The molecule has 1 aliphatic rings. The zero-order valence-corrected chi connectivity index (χ0v) is 19.6. The molecule has 0 unspecified atom stereocenters. The Balaban J connectivity index is 1.11. The number of anilines is 2. The molecule has 0 spiro atoms. The maximum atomic E-state index is 12.4. The second-order valence-corrected chi connectivity index (χ2v) is 8.64. The Bertz CT molecular complexity index is 1070. The van der Waals surface area contributed by atoms with E-state index < -0.39 is 0 Å². The Labute approximate surface area is 200 Å². The minimum atomic E-state index is -0.321. The van der Waals surface area contributed by atoms with Gasteiger partial charge in [0, 0.05) is 49.7 Å². The lowest BCUT2D eigenvalue weighted by Gasteiger charge is -2.36. The first-order valence-electron chi connectivity index (χ1n) is 11.9. The van der Waals surface area contributed by atoms with Gasteiger partial charge in [0.2, 0.25) is 0 Å². The molecule has 3 aromatic rings. The lowest BCUT2D eigenvalue weighted by atomic mass is 10.1. The number of rotatable bonds is 9. The number of unbranched alkanes of at least 4 members (excludes halogenated alkanes) is 1. The van der Waals surface area contributed by atoms with Crippen molar-refractivity contribution in [1.82, 2.24) is 10.2 Å². The minimum absolute atomic E-state index is 0.101. The SMILES string of the molecule is Cc1cccc(N2CCN(CCCCNC(=O)c3ccc(NC(=O)c4ccco4)cc3)CC2)c1. The van der Waals surface area contributed by atoms with Crippen molar-refractivity contribution >= 4 is 23.2 Å². The first-order chi connectivity index (χ1) is 16.6. The van der Waals surface area contributed by atoms with Crippen molar-refractivity contribution < 1.29 is 14.0 Å². The molecule has 2 N–H and O–H groups in total. The van der Waals surface area contributed by atoms with Crippen LogP contribution < -0.4 is 15.5 Å². The Morgan fingerprint density at radius 1 is 0.912 bits per heavy atom. The van der Waals surface area contributed by atoms with E-state index in [4.69, 9.17) is 4.42 Å². The smallest absolute Gasteiger partial charge is 0.291 e. The van der Waals surface area contributed by atoms with Gasteiger partial charge in [0.15, 0.2) is 5.76 Å². The number of nitrogens with one attached hydrogen (secondary N) is 2. The summed E-state index contributed by atoms with van der Waals surface area (Å²) in [6, 6.07) is 18.8. The average Bonchev–Trinajstić information content (AvgIpc) is 3.40. The van der Waals surface area contributed by atoms with Crippen LogP contribution in [0.2, 0.25) is 0 Å². The molecule has 178 valence electrons. The highest BCUT2D eigenvalue weighted by molar-refractivity contribution is 6.02. The van der Waals surface area contributed by atoms with Crippen molar-refractivity contribution in [3.05, 3.63) is 83.8 Å². The fraction of sp³-hybridized carbons (Fsp3) is 0.333. The normalized spacial score (nSPS) is 14.1. The predicted octanol–water partition coefficient (Wildman–Crippen LogP) is 4.17. The van der Waals surface area contributed by atoms with Crippen LogP contribution in [0.15, 0.2) is 71.3 Å². The lowest BCUT2D eigenvalue weighted by molar-refractivity contribution is 0.0951. The van der Waals surface area contributed by atoms with E-state index in [0.29, 0.717) is 17.8 Å². The molecule has 7 heteroatoms. The molecule has 1 saturated heterocycles. The largest absolute Gasteiger partial charge is 0.459 e. The zero-order valence-electron chi connectivity index (χ0n) is 19.6. The van der Waals surface area contributed by atoms with Crippen LogP contribution in [0.4, 0.5) is 11.4 Å². The van der Waals surface area contributed by atoms with Crippen LogP contribution >= 0.6 is 0 Å². The van der Waals surface area contributed by atoms with Crippen molar-refractivity contribution in [3.63, 3.8) is 0 Å². The Kier molecular flexibility index (Phi) is 7.99. The van der Waals surface area contributed by atoms with Gasteiger partial charge in [-0.1, -0.05) is 12.1 Å². The second kappa shape index (κ2) is 11.5. The summed E-state index contributed by atoms with van der Waals surface area (Å²) in [7, 11) is 0. The molecule has 0 aliphatic carbocycles. The maximum absolute atomic E-state index is 12.4. The number of benzene rings is 2. The molecule has 0 atom stereocenters. The summed E-state index contributed by atoms with van der Waals surface area (Å²) < 4.78 is 5.08. The van der Waals surface area contributed by atoms with Gasteiger partial charge < -0.3 is 20.0 Å². The van der Waals surface area contributed by atoms with Gasteiger partial charge in [-0.25, -0.2) is 0 Å². The van der Waals surface area contributed by atoms with Crippen LogP contribution in [0.1, 0.15) is 39.3 Å². The van der Waals surface area contributed by atoms with Gasteiger partial charge in [-0.05, 0) is 80.4 Å². The topological polar surface area (TPSA) is 77.8 Å². The van der Waals surface area contributed by atoms with Crippen LogP contribution in [0, 0.1) is 6.92 Å². The Hall–Kier alpha value is -3.58. The number of piperazine rings is 1. The number of carbonyl (C=O) groups is 2. The average molecular weight is 461 g/mol. The van der Waals surface area contributed by atoms with Gasteiger partial charge >= 0.3 is 0 Å². The van der Waals surface area contributed by atoms with E-state index >= 15 is 0 Å². The number of furan rings is 1. The number of aryl methyl sites for hydroxylation is 1. The molecule has 1 aromatic heterocycles. The van der Waals surface area contributed by atoms with Crippen LogP contribution in [0.25, 0.3) is 0 Å². The van der Waals surface area contributed by atoms with Crippen LogP contribution in [0.3, 0.4) is 0 Å². The van der Waals surface area contributed by atoms with Crippen molar-refractivity contribution in [2.45, 2.75) is 19.8 Å². The highest BCUT2D eigenvalue weighted by atomic mass is 16.3. The molecular formula is C27H32N4O3. The highest BCUT2D eigenvalue weighted by Crippen LogP contribution is 2.18. The monoisotopic (exact) mass is 460 g/mol. The molecule has 34 heavy (non-hydrogen) atoms. The molecule has 1 fully saturated rings. The van der Waals surface area contributed by atoms with Gasteiger partial charge in [0.05, 0.1) is 6.26 Å². The second-order valence-electron chi connectivity index (χ2n) is 8.64. The summed E-state index contributed by atoms with van der Waals surface area (Å²) in [4.78, 5) is 29.4. The number of hydrogen-bond donors (Lipinski definition) is 2. The van der Waals surface area contributed by atoms with E-state index in [2.05, 4.69) is 51.6 Å². The quantitative estimate of drug-likeness (QED) is 0.469. The summed E-state index contributed by atoms with van der Waals surface area (Å²) in [5.41, 5.74) is 3.80. The summed E-state index contributed by atoms with van der Waals surface area (Å²) in [6.07, 6.45) is 3.46. The molecule has 0 bridgehead atoms. The molecular weight excluding hydrogens is 428 g/mol. The fourth-order valence-corrected chi connectivity index (χ4v) is 4.12. The van der Waals surface area contributed by atoms with Crippen molar-refractivity contribution in [2.24, 2.45) is 0 Å². The molecule has 0 saturated carbocycles. The van der Waals surface area contributed by atoms with Gasteiger partial charge in [-0.3, -0.25) is 14.5 Å². The van der Waals surface area contributed by atoms with Crippen molar-refractivity contribution in [3.8, 4) is 0 Å². The first kappa shape index (κ1) is 23.6. The molecule has 2 amide bonds. The number of hydrogen-bond acceptors (Lipinski definition) is 5. The summed E-state index contributed by atoms with van der Waals surface area (Å²) in [5, 5.41) is 5.73. The van der Waals surface area contributed by atoms with E-state index in [1.165, 1.54) is 17.5 Å². The van der Waals surface area contributed by atoms with Crippen LogP contribution in [-0.4, -0.2) is 56.0 Å². The molecule has 7 nitrogen and oxygen atoms in total. The molecule has 4 rings (SSSR count). The van der Waals surface area contributed by atoms with E-state index in [0.717, 1.165) is 45.6 Å². The van der Waals surface area contributed by atoms with Gasteiger partial charge in [-0.15, -0.1) is 0 Å². The third-order valence-corrected chi connectivity index (χ3v) is 6.08. The van der Waals surface area contributed by atoms with Crippen molar-refractivity contribution in [2.75, 3.05) is 49.5 Å². The summed E-state index contributed by atoms with van der Waals surface area (Å²) in [6.45, 7) is 8.10. The van der Waals surface area contributed by atoms with Crippen LogP contribution in [-0.2, 0) is 0 Å². The molecule has 1 aliphatic heterocycles. The van der Waals surface area contributed by atoms with Gasteiger partial charge in [0.25, 0.3) is 11.8 Å². The highest BCUT2D eigenvalue weighted by Gasteiger charge is 2.17. The van der Waals surface area contributed by atoms with Crippen LogP contribution in [0.5, 0.6) is 0 Å². The number of carbonyl (C=O) groups excluding carboxylic acids is 2. The molecule has 2 heterocycles.